The van der Waals surface area contributed by atoms with E-state index in [9.17, 15) is 9.59 Å². The van der Waals surface area contributed by atoms with Crippen LogP contribution in [0.5, 0.6) is 5.75 Å². The van der Waals surface area contributed by atoms with Crippen molar-refractivity contribution in [2.75, 3.05) is 23.4 Å². The molecule has 4 rings (SSSR count). The van der Waals surface area contributed by atoms with Crippen LogP contribution in [0.25, 0.3) is 10.8 Å². The zero-order valence-corrected chi connectivity index (χ0v) is 15.8. The Morgan fingerprint density at radius 2 is 1.86 bits per heavy atom. The number of carbonyl (C=O) groups excluding carboxylic acids is 2. The third kappa shape index (κ3) is 3.83. The first-order chi connectivity index (χ1) is 13.6. The first-order valence-corrected chi connectivity index (χ1v) is 9.43. The Balaban J connectivity index is 1.42. The van der Waals surface area contributed by atoms with Gasteiger partial charge in [-0.15, -0.1) is 0 Å². The smallest absolute Gasteiger partial charge is 0.262 e. The molecule has 1 N–H and O–H groups in total. The Labute approximate surface area is 163 Å². The fourth-order valence-corrected chi connectivity index (χ4v) is 3.58. The third-order valence-electron chi connectivity index (χ3n) is 4.96. The van der Waals surface area contributed by atoms with Gasteiger partial charge in [0, 0.05) is 24.8 Å². The lowest BCUT2D eigenvalue weighted by molar-refractivity contribution is -0.118. The maximum absolute atomic E-state index is 12.3. The van der Waals surface area contributed by atoms with Gasteiger partial charge >= 0.3 is 0 Å². The number of benzene rings is 3. The van der Waals surface area contributed by atoms with E-state index in [1.54, 1.807) is 11.8 Å². The molecule has 2 amide bonds. The molecule has 0 atom stereocenters. The molecule has 5 heteroatoms. The molecule has 0 unspecified atom stereocenters. The Kier molecular flexibility index (Phi) is 4.98. The number of ether oxygens (including phenoxy) is 1. The highest BCUT2D eigenvalue weighted by atomic mass is 16.5. The molecule has 0 saturated heterocycles. The molecule has 28 heavy (non-hydrogen) atoms. The summed E-state index contributed by atoms with van der Waals surface area (Å²) in [4.78, 5) is 25.9. The minimum atomic E-state index is -0.238. The summed E-state index contributed by atoms with van der Waals surface area (Å²) in [5.41, 5.74) is 2.68. The Bertz CT molecular complexity index is 1040. The Morgan fingerprint density at radius 1 is 1.04 bits per heavy atom. The van der Waals surface area contributed by atoms with Crippen LogP contribution in [-0.4, -0.2) is 25.0 Å². The number of hydrogen-bond donors (Lipinski definition) is 1. The van der Waals surface area contributed by atoms with E-state index in [2.05, 4.69) is 5.32 Å². The van der Waals surface area contributed by atoms with E-state index in [4.69, 9.17) is 4.74 Å². The lowest BCUT2D eigenvalue weighted by Gasteiger charge is -2.29. The molecule has 0 aliphatic carbocycles. The summed E-state index contributed by atoms with van der Waals surface area (Å²) < 4.78 is 5.64. The molecular formula is C23H22N2O3. The molecule has 1 heterocycles. The van der Waals surface area contributed by atoms with Crippen LogP contribution >= 0.6 is 0 Å². The summed E-state index contributed by atoms with van der Waals surface area (Å²) in [6, 6.07) is 19.5. The largest absolute Gasteiger partial charge is 0.484 e. The van der Waals surface area contributed by atoms with E-state index in [1.807, 2.05) is 60.7 Å². The molecule has 0 bridgehead atoms. The van der Waals surface area contributed by atoms with Crippen molar-refractivity contribution >= 4 is 34.0 Å². The molecule has 0 radical (unpaired) electrons. The van der Waals surface area contributed by atoms with E-state index in [0.29, 0.717) is 18.0 Å². The van der Waals surface area contributed by atoms with Crippen LogP contribution in [-0.2, 0) is 16.0 Å². The van der Waals surface area contributed by atoms with Gasteiger partial charge in [-0.2, -0.15) is 0 Å². The molecule has 0 aromatic heterocycles. The summed E-state index contributed by atoms with van der Waals surface area (Å²) >= 11 is 0. The van der Waals surface area contributed by atoms with Crippen LogP contribution in [0, 0.1) is 0 Å². The lowest BCUT2D eigenvalue weighted by Crippen LogP contribution is -2.33. The van der Waals surface area contributed by atoms with Gasteiger partial charge in [-0.25, -0.2) is 0 Å². The molecule has 0 spiro atoms. The van der Waals surface area contributed by atoms with E-state index in [1.165, 1.54) is 0 Å². The molecule has 0 fully saturated rings. The quantitative estimate of drug-likeness (QED) is 0.746. The van der Waals surface area contributed by atoms with E-state index >= 15 is 0 Å². The zero-order chi connectivity index (χ0) is 19.5. The van der Waals surface area contributed by atoms with Gasteiger partial charge in [0.15, 0.2) is 6.61 Å². The van der Waals surface area contributed by atoms with Crippen molar-refractivity contribution in [3.8, 4) is 5.75 Å². The molecule has 142 valence electrons. The molecule has 1 aliphatic heterocycles. The van der Waals surface area contributed by atoms with Gasteiger partial charge in [-0.3, -0.25) is 9.59 Å². The average molecular weight is 374 g/mol. The van der Waals surface area contributed by atoms with Gasteiger partial charge in [-0.05, 0) is 53.4 Å². The molecule has 1 aliphatic rings. The second-order valence-electron chi connectivity index (χ2n) is 6.96. The SMILES string of the molecule is CC(=O)N1CCCc2ccc(NC(=O)COc3ccc4ccccc4c3)cc21. The molecule has 0 saturated carbocycles. The zero-order valence-electron chi connectivity index (χ0n) is 15.8. The molecule has 3 aromatic rings. The van der Waals surface area contributed by atoms with Crippen LogP contribution in [0.4, 0.5) is 11.4 Å². The van der Waals surface area contributed by atoms with Crippen LogP contribution in [0.15, 0.2) is 60.7 Å². The first-order valence-electron chi connectivity index (χ1n) is 9.43. The molecular weight excluding hydrogens is 352 g/mol. The van der Waals surface area contributed by atoms with Gasteiger partial charge in [0.2, 0.25) is 5.91 Å². The van der Waals surface area contributed by atoms with Gasteiger partial charge < -0.3 is 15.0 Å². The molecule has 5 nitrogen and oxygen atoms in total. The number of aryl methyl sites for hydroxylation is 1. The van der Waals surface area contributed by atoms with Crippen molar-refractivity contribution in [2.24, 2.45) is 0 Å². The maximum atomic E-state index is 12.3. The monoisotopic (exact) mass is 374 g/mol. The fourth-order valence-electron chi connectivity index (χ4n) is 3.58. The van der Waals surface area contributed by atoms with Crippen molar-refractivity contribution in [3.05, 3.63) is 66.2 Å². The number of amides is 2. The average Bonchev–Trinajstić information content (AvgIpc) is 2.71. The van der Waals surface area contributed by atoms with Crippen molar-refractivity contribution in [2.45, 2.75) is 19.8 Å². The minimum Gasteiger partial charge on any atom is -0.484 e. The van der Waals surface area contributed by atoms with Gasteiger partial charge in [0.1, 0.15) is 5.75 Å². The van der Waals surface area contributed by atoms with Crippen LogP contribution in [0.2, 0.25) is 0 Å². The van der Waals surface area contributed by atoms with Crippen molar-refractivity contribution < 1.29 is 14.3 Å². The molecule has 3 aromatic carbocycles. The summed E-state index contributed by atoms with van der Waals surface area (Å²) in [6.45, 7) is 2.20. The predicted molar refractivity (Wildman–Crippen MR) is 111 cm³/mol. The highest BCUT2D eigenvalue weighted by Crippen LogP contribution is 2.30. The Morgan fingerprint density at radius 3 is 2.68 bits per heavy atom. The summed E-state index contributed by atoms with van der Waals surface area (Å²) in [5, 5.41) is 5.05. The lowest BCUT2D eigenvalue weighted by atomic mass is 10.0. The normalized spacial score (nSPS) is 13.1. The Hall–Kier alpha value is -3.34. The topological polar surface area (TPSA) is 58.6 Å². The number of hydrogen-bond acceptors (Lipinski definition) is 3. The number of fused-ring (bicyclic) bond motifs is 2. The highest BCUT2D eigenvalue weighted by Gasteiger charge is 2.20. The summed E-state index contributed by atoms with van der Waals surface area (Å²) in [7, 11) is 0. The van der Waals surface area contributed by atoms with Crippen LogP contribution in [0.1, 0.15) is 18.9 Å². The highest BCUT2D eigenvalue weighted by molar-refractivity contribution is 5.96. The van der Waals surface area contributed by atoms with Crippen molar-refractivity contribution in [1.29, 1.82) is 0 Å². The second kappa shape index (κ2) is 7.72. The second-order valence-corrected chi connectivity index (χ2v) is 6.96. The van der Waals surface area contributed by atoms with Gasteiger partial charge in [0.25, 0.3) is 5.91 Å². The predicted octanol–water partition coefficient (Wildman–Crippen LogP) is 4.16. The standard InChI is InChI=1S/C23H22N2O3/c1-16(26)25-12-4-7-18-8-10-20(14-22(18)25)24-23(27)15-28-21-11-9-17-5-2-3-6-19(17)13-21/h2-3,5-6,8-11,13-14H,4,7,12,15H2,1H3,(H,24,27). The van der Waals surface area contributed by atoms with Crippen molar-refractivity contribution in [1.82, 2.24) is 0 Å². The third-order valence-corrected chi connectivity index (χ3v) is 4.96. The number of rotatable bonds is 4. The van der Waals surface area contributed by atoms with E-state index in [-0.39, 0.29) is 18.4 Å². The number of nitrogens with one attached hydrogen (secondary N) is 1. The number of anilines is 2. The van der Waals surface area contributed by atoms with Crippen molar-refractivity contribution in [3.63, 3.8) is 0 Å². The van der Waals surface area contributed by atoms with Gasteiger partial charge in [0.05, 0.1) is 0 Å². The van der Waals surface area contributed by atoms with Gasteiger partial charge in [-0.1, -0.05) is 36.4 Å². The summed E-state index contributed by atoms with van der Waals surface area (Å²) in [5.74, 6) is 0.435. The number of nitrogens with zero attached hydrogens (tertiary/aromatic N) is 1. The minimum absolute atomic E-state index is 0.0177. The first kappa shape index (κ1) is 18.0. The summed E-state index contributed by atoms with van der Waals surface area (Å²) in [6.07, 6.45) is 1.90. The van der Waals surface area contributed by atoms with Crippen LogP contribution < -0.4 is 15.0 Å². The number of carbonyl (C=O) groups is 2. The van der Waals surface area contributed by atoms with E-state index in [0.717, 1.165) is 34.9 Å². The van der Waals surface area contributed by atoms with E-state index < -0.39 is 0 Å². The maximum Gasteiger partial charge on any atom is 0.262 e. The fraction of sp³-hybridized carbons (Fsp3) is 0.217. The van der Waals surface area contributed by atoms with Crippen LogP contribution in [0.3, 0.4) is 0 Å².